The van der Waals surface area contributed by atoms with Crippen LogP contribution in [0.3, 0.4) is 0 Å². The number of carbonyl (C=O) groups is 2. The number of amides is 2. The molecule has 0 aromatic rings. The maximum atomic E-state index is 12.6. The predicted octanol–water partition coefficient (Wildman–Crippen LogP) is 2.62. The van der Waals surface area contributed by atoms with Gasteiger partial charge in [-0.05, 0) is 31.1 Å². The van der Waals surface area contributed by atoms with E-state index in [1.54, 1.807) is 4.90 Å². The highest BCUT2D eigenvalue weighted by molar-refractivity contribution is 6.05. The molecule has 1 heterocycles. The van der Waals surface area contributed by atoms with E-state index >= 15 is 0 Å². The highest BCUT2D eigenvalue weighted by Gasteiger charge is 2.43. The first-order valence-electron chi connectivity index (χ1n) is 8.68. The van der Waals surface area contributed by atoms with E-state index in [0.29, 0.717) is 11.8 Å². The third-order valence-corrected chi connectivity index (χ3v) is 5.71. The fourth-order valence-electron chi connectivity index (χ4n) is 4.04. The van der Waals surface area contributed by atoms with Gasteiger partial charge in [-0.2, -0.15) is 0 Å². The van der Waals surface area contributed by atoms with Crippen molar-refractivity contribution in [3.63, 3.8) is 0 Å². The second-order valence-electron chi connectivity index (χ2n) is 7.55. The molecule has 1 saturated heterocycles. The van der Waals surface area contributed by atoms with Crippen molar-refractivity contribution in [3.05, 3.63) is 0 Å². The van der Waals surface area contributed by atoms with Crippen LogP contribution < -0.4 is 5.32 Å². The SMILES string of the molecule is CC1(CNC2CC(=O)N(C3CCCCCC3)C2=O)CCC1. The summed E-state index contributed by atoms with van der Waals surface area (Å²) in [7, 11) is 0. The minimum atomic E-state index is -0.266. The number of nitrogens with one attached hydrogen (secondary N) is 1. The van der Waals surface area contributed by atoms with Gasteiger partial charge >= 0.3 is 0 Å². The Morgan fingerprint density at radius 3 is 2.33 bits per heavy atom. The van der Waals surface area contributed by atoms with Crippen LogP contribution in [0.25, 0.3) is 0 Å². The summed E-state index contributed by atoms with van der Waals surface area (Å²) < 4.78 is 0. The van der Waals surface area contributed by atoms with Gasteiger partial charge in [0.2, 0.25) is 11.8 Å². The fourth-order valence-corrected chi connectivity index (χ4v) is 4.04. The predicted molar refractivity (Wildman–Crippen MR) is 81.7 cm³/mol. The molecular formula is C17H28N2O2. The molecule has 2 amide bonds. The summed E-state index contributed by atoms with van der Waals surface area (Å²) in [5, 5.41) is 3.38. The summed E-state index contributed by atoms with van der Waals surface area (Å²) in [5.74, 6) is 0.0815. The van der Waals surface area contributed by atoms with Gasteiger partial charge in [0, 0.05) is 12.6 Å². The van der Waals surface area contributed by atoms with Crippen molar-refractivity contribution < 1.29 is 9.59 Å². The van der Waals surface area contributed by atoms with Gasteiger partial charge in [-0.1, -0.05) is 39.0 Å². The number of nitrogens with zero attached hydrogens (tertiary/aromatic N) is 1. The molecule has 1 atom stereocenters. The quantitative estimate of drug-likeness (QED) is 0.640. The molecule has 0 aromatic heterocycles. The first-order chi connectivity index (χ1) is 10.1. The van der Waals surface area contributed by atoms with Gasteiger partial charge in [0.05, 0.1) is 12.5 Å². The zero-order chi connectivity index (χ0) is 14.9. The van der Waals surface area contributed by atoms with Gasteiger partial charge in [-0.15, -0.1) is 0 Å². The molecule has 118 valence electrons. The Kier molecular flexibility index (Phi) is 4.34. The minimum absolute atomic E-state index is 0.0369. The molecule has 1 N–H and O–H groups in total. The van der Waals surface area contributed by atoms with Gasteiger partial charge in [0.15, 0.2) is 0 Å². The van der Waals surface area contributed by atoms with Crippen molar-refractivity contribution in [3.8, 4) is 0 Å². The summed E-state index contributed by atoms with van der Waals surface area (Å²) in [5.41, 5.74) is 0.346. The topological polar surface area (TPSA) is 49.4 Å². The lowest BCUT2D eigenvalue weighted by Gasteiger charge is -2.39. The van der Waals surface area contributed by atoms with E-state index in [0.717, 1.165) is 32.2 Å². The van der Waals surface area contributed by atoms with E-state index in [2.05, 4.69) is 12.2 Å². The summed E-state index contributed by atoms with van der Waals surface area (Å²) in [6.07, 6.45) is 10.9. The maximum Gasteiger partial charge on any atom is 0.247 e. The molecule has 4 heteroatoms. The first-order valence-corrected chi connectivity index (χ1v) is 8.68. The zero-order valence-electron chi connectivity index (χ0n) is 13.2. The minimum Gasteiger partial charge on any atom is -0.305 e. The molecule has 2 saturated carbocycles. The summed E-state index contributed by atoms with van der Waals surface area (Å²) in [6.45, 7) is 3.14. The Bertz CT molecular complexity index is 409. The number of imide groups is 1. The van der Waals surface area contributed by atoms with Gasteiger partial charge in [-0.3, -0.25) is 14.5 Å². The lowest BCUT2D eigenvalue weighted by atomic mass is 9.70. The summed E-state index contributed by atoms with van der Waals surface area (Å²) >= 11 is 0. The monoisotopic (exact) mass is 292 g/mol. The van der Waals surface area contributed by atoms with Gasteiger partial charge in [0.25, 0.3) is 0 Å². The van der Waals surface area contributed by atoms with Crippen molar-refractivity contribution in [2.45, 2.75) is 83.2 Å². The molecule has 3 fully saturated rings. The van der Waals surface area contributed by atoms with Crippen molar-refractivity contribution in [2.24, 2.45) is 5.41 Å². The van der Waals surface area contributed by atoms with Crippen molar-refractivity contribution in [2.75, 3.05) is 6.54 Å². The van der Waals surface area contributed by atoms with E-state index in [-0.39, 0.29) is 23.9 Å². The Balaban J connectivity index is 1.58. The van der Waals surface area contributed by atoms with Crippen LogP contribution in [0, 0.1) is 5.41 Å². The van der Waals surface area contributed by atoms with Crippen LogP contribution in [0.5, 0.6) is 0 Å². The average molecular weight is 292 g/mol. The van der Waals surface area contributed by atoms with E-state index in [1.807, 2.05) is 0 Å². The first kappa shape index (κ1) is 15.0. The number of likely N-dealkylation sites (tertiary alicyclic amines) is 1. The number of hydrogen-bond acceptors (Lipinski definition) is 3. The second kappa shape index (κ2) is 6.07. The zero-order valence-corrected chi connectivity index (χ0v) is 13.2. The van der Waals surface area contributed by atoms with Crippen molar-refractivity contribution in [1.29, 1.82) is 0 Å². The molecule has 0 bridgehead atoms. The molecule has 1 aliphatic heterocycles. The van der Waals surface area contributed by atoms with Crippen LogP contribution in [0.4, 0.5) is 0 Å². The van der Waals surface area contributed by atoms with E-state index in [1.165, 1.54) is 32.1 Å². The van der Waals surface area contributed by atoms with Crippen LogP contribution in [0.15, 0.2) is 0 Å². The van der Waals surface area contributed by atoms with Crippen molar-refractivity contribution in [1.82, 2.24) is 10.2 Å². The highest BCUT2D eigenvalue weighted by atomic mass is 16.2. The third-order valence-electron chi connectivity index (χ3n) is 5.71. The molecule has 0 radical (unpaired) electrons. The molecular weight excluding hydrogens is 264 g/mol. The summed E-state index contributed by atoms with van der Waals surface area (Å²) in [4.78, 5) is 26.5. The molecule has 3 aliphatic rings. The Hall–Kier alpha value is -0.900. The smallest absolute Gasteiger partial charge is 0.247 e. The molecule has 0 aromatic carbocycles. The number of hydrogen-bond donors (Lipinski definition) is 1. The fraction of sp³-hybridized carbons (Fsp3) is 0.882. The second-order valence-corrected chi connectivity index (χ2v) is 7.55. The molecule has 1 unspecified atom stereocenters. The van der Waals surface area contributed by atoms with Crippen molar-refractivity contribution >= 4 is 11.8 Å². The van der Waals surface area contributed by atoms with Crippen LogP contribution in [-0.2, 0) is 9.59 Å². The molecule has 2 aliphatic carbocycles. The lowest BCUT2D eigenvalue weighted by molar-refractivity contribution is -0.141. The van der Waals surface area contributed by atoms with Crippen LogP contribution in [0.1, 0.15) is 71.1 Å². The van der Waals surface area contributed by atoms with E-state index < -0.39 is 0 Å². The molecule has 4 nitrogen and oxygen atoms in total. The van der Waals surface area contributed by atoms with Gasteiger partial charge in [-0.25, -0.2) is 0 Å². The Morgan fingerprint density at radius 2 is 1.76 bits per heavy atom. The number of rotatable bonds is 4. The third kappa shape index (κ3) is 3.15. The Labute approximate surface area is 127 Å². The van der Waals surface area contributed by atoms with Crippen LogP contribution >= 0.6 is 0 Å². The van der Waals surface area contributed by atoms with Gasteiger partial charge < -0.3 is 5.32 Å². The maximum absolute atomic E-state index is 12.6. The molecule has 3 rings (SSSR count). The number of carbonyl (C=O) groups excluding carboxylic acids is 2. The van der Waals surface area contributed by atoms with E-state index in [4.69, 9.17) is 0 Å². The lowest BCUT2D eigenvalue weighted by Crippen LogP contribution is -2.47. The van der Waals surface area contributed by atoms with Crippen LogP contribution in [0.2, 0.25) is 0 Å². The standard InChI is InChI=1S/C17H28N2O2/c1-17(9-6-10-17)12-18-14-11-15(20)19(16(14)21)13-7-4-2-3-5-8-13/h13-14,18H,2-12H2,1H3. The molecule has 21 heavy (non-hydrogen) atoms. The highest BCUT2D eigenvalue weighted by Crippen LogP contribution is 2.39. The average Bonchev–Trinajstić information content (AvgIpc) is 2.62. The van der Waals surface area contributed by atoms with E-state index in [9.17, 15) is 9.59 Å². The van der Waals surface area contributed by atoms with Crippen LogP contribution in [-0.4, -0.2) is 35.3 Å². The Morgan fingerprint density at radius 1 is 1.10 bits per heavy atom. The summed E-state index contributed by atoms with van der Waals surface area (Å²) in [6, 6.07) is -0.100. The molecule has 0 spiro atoms. The van der Waals surface area contributed by atoms with Gasteiger partial charge in [0.1, 0.15) is 0 Å². The largest absolute Gasteiger partial charge is 0.305 e. The normalized spacial score (nSPS) is 30.3.